The van der Waals surface area contributed by atoms with E-state index in [1.54, 1.807) is 0 Å². The van der Waals surface area contributed by atoms with Gasteiger partial charge in [0.2, 0.25) is 0 Å². The number of rotatable bonds is 9. The van der Waals surface area contributed by atoms with Crippen molar-refractivity contribution in [1.82, 2.24) is 0 Å². The summed E-state index contributed by atoms with van der Waals surface area (Å²) in [6, 6.07) is 82.3. The minimum absolute atomic E-state index is 0.913. The van der Waals surface area contributed by atoms with Gasteiger partial charge in [0.15, 0.2) is 0 Å². The fourth-order valence-corrected chi connectivity index (χ4v) is 8.40. The third-order valence-electron chi connectivity index (χ3n) is 11.3. The number of fused-ring (bicyclic) bond motifs is 1. The highest BCUT2D eigenvalue weighted by atomic mass is 16.3. The predicted molar refractivity (Wildman–Crippen MR) is 248 cm³/mol. The first-order valence-corrected chi connectivity index (χ1v) is 20.2. The molecule has 0 saturated carbocycles. The van der Waals surface area contributed by atoms with E-state index in [1.807, 2.05) is 12.1 Å². The first-order chi connectivity index (χ1) is 29.2. The molecular weight excluding hydrogens is 715 g/mol. The van der Waals surface area contributed by atoms with E-state index in [1.165, 1.54) is 38.9 Å². The molecule has 2 nitrogen and oxygen atoms in total. The van der Waals surface area contributed by atoms with Crippen LogP contribution in [0.3, 0.4) is 0 Å². The van der Waals surface area contributed by atoms with E-state index in [-0.39, 0.29) is 0 Å². The highest BCUT2D eigenvalue weighted by Gasteiger charge is 2.19. The van der Waals surface area contributed by atoms with Gasteiger partial charge in [-0.25, -0.2) is 0 Å². The van der Waals surface area contributed by atoms with Gasteiger partial charge in [-0.05, 0) is 99.5 Å². The summed E-state index contributed by atoms with van der Waals surface area (Å²) < 4.78 is 6.35. The first kappa shape index (κ1) is 35.7. The van der Waals surface area contributed by atoms with Gasteiger partial charge in [0.1, 0.15) is 11.3 Å². The quantitative estimate of drug-likeness (QED) is 0.146. The number of benzene rings is 9. The van der Waals surface area contributed by atoms with Crippen molar-refractivity contribution in [2.75, 3.05) is 4.90 Å². The Morgan fingerprint density at radius 3 is 1.37 bits per heavy atom. The summed E-state index contributed by atoms with van der Waals surface area (Å²) in [5, 5.41) is 1.15. The van der Waals surface area contributed by atoms with Crippen LogP contribution < -0.4 is 4.90 Å². The van der Waals surface area contributed by atoms with Crippen LogP contribution in [0.1, 0.15) is 5.56 Å². The Morgan fingerprint density at radius 2 is 0.763 bits per heavy atom. The third-order valence-corrected chi connectivity index (χ3v) is 11.3. The maximum absolute atomic E-state index is 6.35. The van der Waals surface area contributed by atoms with Gasteiger partial charge in [0.05, 0.1) is 5.69 Å². The van der Waals surface area contributed by atoms with Crippen LogP contribution in [0.25, 0.3) is 77.9 Å². The van der Waals surface area contributed by atoms with Gasteiger partial charge in [-0.2, -0.15) is 0 Å². The molecule has 0 spiro atoms. The van der Waals surface area contributed by atoms with Gasteiger partial charge in [0.25, 0.3) is 0 Å². The molecule has 0 fully saturated rings. The zero-order valence-corrected chi connectivity index (χ0v) is 32.8. The van der Waals surface area contributed by atoms with Gasteiger partial charge in [-0.15, -0.1) is 0 Å². The molecule has 280 valence electrons. The lowest BCUT2D eigenvalue weighted by Crippen LogP contribution is -2.11. The topological polar surface area (TPSA) is 16.4 Å². The molecule has 0 bridgehead atoms. The van der Waals surface area contributed by atoms with Gasteiger partial charge in [-0.1, -0.05) is 188 Å². The number of furan rings is 1. The zero-order valence-electron chi connectivity index (χ0n) is 32.8. The van der Waals surface area contributed by atoms with Gasteiger partial charge in [0, 0.05) is 33.5 Å². The predicted octanol–water partition coefficient (Wildman–Crippen LogP) is 16.2. The number of hydrogen-bond acceptors (Lipinski definition) is 2. The standard InChI is InChI=1S/C57H41NO/c1-40-49-23-13-15-30-56(49)59-57(40)46-22-16-21-45(39-46)41-31-35-47(36-32-41)58(55-29-14-12-26-52(55)43-19-6-3-7-20-43)48-37-33-44(34-38-48)51-25-9-11-28-54(51)53-27-10-8-24-50(53)42-17-4-2-5-18-42/h2-39H,1H3. The molecule has 2 heteroatoms. The smallest absolute Gasteiger partial charge is 0.138 e. The number of aryl methyl sites for hydroxylation is 1. The molecule has 0 atom stereocenters. The minimum atomic E-state index is 0.913. The number of para-hydroxylation sites is 2. The van der Waals surface area contributed by atoms with Gasteiger partial charge < -0.3 is 9.32 Å². The van der Waals surface area contributed by atoms with Crippen molar-refractivity contribution in [2.24, 2.45) is 0 Å². The zero-order chi connectivity index (χ0) is 39.5. The fourth-order valence-electron chi connectivity index (χ4n) is 8.40. The number of nitrogens with zero attached hydrogens (tertiary/aromatic N) is 1. The maximum Gasteiger partial charge on any atom is 0.138 e. The minimum Gasteiger partial charge on any atom is -0.456 e. The molecule has 0 aliphatic heterocycles. The molecule has 0 aliphatic rings. The largest absolute Gasteiger partial charge is 0.456 e. The van der Waals surface area contributed by atoms with E-state index in [4.69, 9.17) is 4.42 Å². The van der Waals surface area contributed by atoms with Crippen LogP contribution in [0.4, 0.5) is 17.1 Å². The molecule has 0 aliphatic carbocycles. The fraction of sp³-hybridized carbons (Fsp3) is 0.0175. The molecule has 1 aromatic heterocycles. The van der Waals surface area contributed by atoms with Crippen molar-refractivity contribution in [2.45, 2.75) is 6.92 Å². The van der Waals surface area contributed by atoms with Crippen LogP contribution in [0.5, 0.6) is 0 Å². The monoisotopic (exact) mass is 755 g/mol. The van der Waals surface area contributed by atoms with E-state index in [0.29, 0.717) is 0 Å². The number of hydrogen-bond donors (Lipinski definition) is 0. The SMILES string of the molecule is Cc1c(-c2cccc(-c3ccc(N(c4ccc(-c5ccccc5-c5ccccc5-c5ccccc5)cc4)c4ccccc4-c4ccccc4)cc3)c2)oc2ccccc12. The highest BCUT2D eigenvalue weighted by Crippen LogP contribution is 2.44. The van der Waals surface area contributed by atoms with Crippen molar-refractivity contribution in [3.8, 4) is 67.0 Å². The Morgan fingerprint density at radius 1 is 0.322 bits per heavy atom. The van der Waals surface area contributed by atoms with E-state index in [0.717, 1.165) is 61.6 Å². The number of anilines is 3. The molecule has 1 heterocycles. The summed E-state index contributed by atoms with van der Waals surface area (Å²) in [6.45, 7) is 2.14. The lowest BCUT2D eigenvalue weighted by molar-refractivity contribution is 0.629. The average molecular weight is 756 g/mol. The van der Waals surface area contributed by atoms with Crippen LogP contribution in [0, 0.1) is 6.92 Å². The van der Waals surface area contributed by atoms with E-state index in [9.17, 15) is 0 Å². The molecule has 0 radical (unpaired) electrons. The summed E-state index contributed by atoms with van der Waals surface area (Å²) in [7, 11) is 0. The van der Waals surface area contributed by atoms with E-state index in [2.05, 4.69) is 230 Å². The molecular formula is C57H41NO. The molecule has 0 amide bonds. The highest BCUT2D eigenvalue weighted by molar-refractivity contribution is 5.93. The first-order valence-electron chi connectivity index (χ1n) is 20.2. The Labute approximate surface area is 345 Å². The van der Waals surface area contributed by atoms with Crippen molar-refractivity contribution >= 4 is 28.0 Å². The van der Waals surface area contributed by atoms with E-state index < -0.39 is 0 Å². The molecule has 10 aromatic rings. The summed E-state index contributed by atoms with van der Waals surface area (Å²) in [5.41, 5.74) is 18.2. The van der Waals surface area contributed by atoms with Crippen LogP contribution in [0.15, 0.2) is 235 Å². The molecule has 0 saturated heterocycles. The van der Waals surface area contributed by atoms with Crippen molar-refractivity contribution in [1.29, 1.82) is 0 Å². The Kier molecular flexibility index (Phi) is 9.50. The lowest BCUT2D eigenvalue weighted by atomic mass is 9.89. The second kappa shape index (κ2) is 15.7. The molecule has 10 rings (SSSR count). The van der Waals surface area contributed by atoms with E-state index >= 15 is 0 Å². The lowest BCUT2D eigenvalue weighted by Gasteiger charge is -2.28. The van der Waals surface area contributed by atoms with Crippen LogP contribution in [-0.4, -0.2) is 0 Å². The Bertz CT molecular complexity index is 3030. The van der Waals surface area contributed by atoms with Crippen LogP contribution >= 0.6 is 0 Å². The van der Waals surface area contributed by atoms with Gasteiger partial charge >= 0.3 is 0 Å². The summed E-state index contributed by atoms with van der Waals surface area (Å²) in [4.78, 5) is 2.38. The van der Waals surface area contributed by atoms with Crippen LogP contribution in [0.2, 0.25) is 0 Å². The normalized spacial score (nSPS) is 11.1. The Balaban J connectivity index is 1.04. The molecule has 59 heavy (non-hydrogen) atoms. The summed E-state index contributed by atoms with van der Waals surface area (Å²) >= 11 is 0. The summed E-state index contributed by atoms with van der Waals surface area (Å²) in [6.07, 6.45) is 0. The van der Waals surface area contributed by atoms with Crippen molar-refractivity contribution in [3.05, 3.63) is 236 Å². The average Bonchev–Trinajstić information content (AvgIpc) is 3.66. The molecule has 0 unspecified atom stereocenters. The van der Waals surface area contributed by atoms with Crippen molar-refractivity contribution in [3.63, 3.8) is 0 Å². The maximum atomic E-state index is 6.35. The second-order valence-electron chi connectivity index (χ2n) is 14.9. The second-order valence-corrected chi connectivity index (χ2v) is 14.9. The third kappa shape index (κ3) is 6.92. The van der Waals surface area contributed by atoms with Gasteiger partial charge in [-0.3, -0.25) is 0 Å². The van der Waals surface area contributed by atoms with Crippen LogP contribution in [-0.2, 0) is 0 Å². The molecule has 0 N–H and O–H groups in total. The Hall–Kier alpha value is -7.68. The van der Waals surface area contributed by atoms with Crippen molar-refractivity contribution < 1.29 is 4.42 Å². The molecule has 9 aromatic carbocycles. The summed E-state index contributed by atoms with van der Waals surface area (Å²) in [5.74, 6) is 0.917.